The van der Waals surface area contributed by atoms with Gasteiger partial charge in [0.15, 0.2) is 11.5 Å². The highest BCUT2D eigenvalue weighted by Gasteiger charge is 2.22. The predicted molar refractivity (Wildman–Crippen MR) is 96.8 cm³/mol. The first kappa shape index (κ1) is 20.5. The van der Waals surface area contributed by atoms with E-state index in [1.165, 1.54) is 6.08 Å². The molecule has 6 heteroatoms. The number of methoxy groups -OCH3 is 1. The molecule has 1 rings (SSSR count). The third-order valence-corrected chi connectivity index (χ3v) is 3.60. The van der Waals surface area contributed by atoms with Crippen molar-refractivity contribution in [2.45, 2.75) is 39.7 Å². The van der Waals surface area contributed by atoms with E-state index in [-0.39, 0.29) is 5.92 Å². The van der Waals surface area contributed by atoms with Crippen LogP contribution < -0.4 is 14.8 Å². The molecule has 1 atom stereocenters. The molecule has 0 spiro atoms. The van der Waals surface area contributed by atoms with Crippen molar-refractivity contribution in [2.24, 2.45) is 5.92 Å². The lowest BCUT2D eigenvalue weighted by Gasteiger charge is -2.16. The van der Waals surface area contributed by atoms with Crippen LogP contribution in [0.3, 0.4) is 0 Å². The number of amides is 1. The minimum absolute atomic E-state index is 0.200. The van der Waals surface area contributed by atoms with Crippen LogP contribution in [-0.4, -0.2) is 36.7 Å². The number of carbonyl (C=O) groups excluding carboxylic acids is 1. The number of hydrogen-bond acceptors (Lipinski definition) is 4. The SMILES string of the molecule is CCCCOc1ccc(/C=C/C(=O)N[C@H](C(=O)O)C(C)C)cc1OC. The zero-order valence-corrected chi connectivity index (χ0v) is 15.2. The second kappa shape index (κ2) is 10.4. The fourth-order valence-electron chi connectivity index (χ4n) is 2.12. The molecule has 1 aromatic rings. The van der Waals surface area contributed by atoms with Crippen molar-refractivity contribution in [1.82, 2.24) is 5.32 Å². The maximum Gasteiger partial charge on any atom is 0.326 e. The zero-order valence-electron chi connectivity index (χ0n) is 15.2. The number of carbonyl (C=O) groups is 2. The second-order valence-electron chi connectivity index (χ2n) is 6.01. The summed E-state index contributed by atoms with van der Waals surface area (Å²) in [4.78, 5) is 23.0. The second-order valence-corrected chi connectivity index (χ2v) is 6.01. The smallest absolute Gasteiger partial charge is 0.326 e. The van der Waals surface area contributed by atoms with Gasteiger partial charge in [-0.05, 0) is 36.1 Å². The van der Waals surface area contributed by atoms with E-state index in [9.17, 15) is 9.59 Å². The van der Waals surface area contributed by atoms with E-state index in [1.54, 1.807) is 39.2 Å². The molecule has 1 amide bonds. The van der Waals surface area contributed by atoms with Crippen LogP contribution in [-0.2, 0) is 9.59 Å². The van der Waals surface area contributed by atoms with Crippen LogP contribution in [0.1, 0.15) is 39.2 Å². The van der Waals surface area contributed by atoms with Gasteiger partial charge in [0.2, 0.25) is 5.91 Å². The molecule has 0 bridgehead atoms. The highest BCUT2D eigenvalue weighted by molar-refractivity contribution is 5.94. The quantitative estimate of drug-likeness (QED) is 0.501. The number of rotatable bonds is 10. The Kier molecular flexibility index (Phi) is 8.53. The van der Waals surface area contributed by atoms with Crippen molar-refractivity contribution in [2.75, 3.05) is 13.7 Å². The van der Waals surface area contributed by atoms with Crippen LogP contribution in [0.2, 0.25) is 0 Å². The summed E-state index contributed by atoms with van der Waals surface area (Å²) in [5.41, 5.74) is 0.756. The molecule has 25 heavy (non-hydrogen) atoms. The molecule has 0 saturated heterocycles. The first-order chi connectivity index (χ1) is 11.9. The van der Waals surface area contributed by atoms with Gasteiger partial charge in [-0.3, -0.25) is 4.79 Å². The molecule has 6 nitrogen and oxygen atoms in total. The molecule has 0 saturated carbocycles. The summed E-state index contributed by atoms with van der Waals surface area (Å²) in [6.45, 7) is 6.19. The molecule has 138 valence electrons. The summed E-state index contributed by atoms with van der Waals surface area (Å²) in [7, 11) is 1.56. The Morgan fingerprint density at radius 3 is 2.56 bits per heavy atom. The van der Waals surface area contributed by atoms with E-state index in [0.29, 0.717) is 18.1 Å². The van der Waals surface area contributed by atoms with Crippen LogP contribution in [0.4, 0.5) is 0 Å². The normalized spacial score (nSPS) is 12.2. The summed E-state index contributed by atoms with van der Waals surface area (Å²) >= 11 is 0. The number of carboxylic acids is 1. The molecular weight excluding hydrogens is 322 g/mol. The van der Waals surface area contributed by atoms with Crippen LogP contribution >= 0.6 is 0 Å². The van der Waals surface area contributed by atoms with Gasteiger partial charge in [0, 0.05) is 6.08 Å². The summed E-state index contributed by atoms with van der Waals surface area (Å²) in [6, 6.07) is 4.45. The number of ether oxygens (including phenoxy) is 2. The standard InChI is InChI=1S/C19H27NO5/c1-5-6-11-25-15-9-7-14(12-16(15)24-4)8-10-17(21)20-18(13(2)3)19(22)23/h7-10,12-13,18H,5-6,11H2,1-4H3,(H,20,21)(H,22,23)/b10-8+/t18-/m0/s1. The number of hydrogen-bond donors (Lipinski definition) is 2. The predicted octanol–water partition coefficient (Wildman–Crippen LogP) is 3.11. The highest BCUT2D eigenvalue weighted by Crippen LogP contribution is 2.28. The van der Waals surface area contributed by atoms with Crippen LogP contribution in [0, 0.1) is 5.92 Å². The monoisotopic (exact) mass is 349 g/mol. The van der Waals surface area contributed by atoms with E-state index >= 15 is 0 Å². The largest absolute Gasteiger partial charge is 0.493 e. The fourth-order valence-corrected chi connectivity index (χ4v) is 2.12. The van der Waals surface area contributed by atoms with Gasteiger partial charge in [-0.25, -0.2) is 4.79 Å². The number of aliphatic carboxylic acids is 1. The van der Waals surface area contributed by atoms with Crippen LogP contribution in [0.5, 0.6) is 11.5 Å². The Hall–Kier alpha value is -2.50. The van der Waals surface area contributed by atoms with Crippen molar-refractivity contribution in [3.63, 3.8) is 0 Å². The topological polar surface area (TPSA) is 84.9 Å². The Bertz CT molecular complexity index is 610. The van der Waals surface area contributed by atoms with Crippen molar-refractivity contribution < 1.29 is 24.2 Å². The Morgan fingerprint density at radius 2 is 2.00 bits per heavy atom. The van der Waals surface area contributed by atoms with Crippen molar-refractivity contribution in [1.29, 1.82) is 0 Å². The summed E-state index contributed by atoms with van der Waals surface area (Å²) in [5.74, 6) is -0.461. The lowest BCUT2D eigenvalue weighted by molar-refractivity contribution is -0.142. The Labute approximate surface area is 148 Å². The van der Waals surface area contributed by atoms with Gasteiger partial charge in [0.05, 0.1) is 13.7 Å². The number of unbranched alkanes of at least 4 members (excludes halogenated alkanes) is 1. The Balaban J connectivity index is 2.76. The molecule has 1 aromatic carbocycles. The lowest BCUT2D eigenvalue weighted by Crippen LogP contribution is -2.43. The number of nitrogens with one attached hydrogen (secondary N) is 1. The Morgan fingerprint density at radius 1 is 1.28 bits per heavy atom. The maximum atomic E-state index is 11.9. The molecule has 0 fully saturated rings. The van der Waals surface area contributed by atoms with Crippen molar-refractivity contribution in [3.05, 3.63) is 29.8 Å². The van der Waals surface area contributed by atoms with E-state index in [1.807, 2.05) is 6.07 Å². The fraction of sp³-hybridized carbons (Fsp3) is 0.474. The molecule has 0 heterocycles. The van der Waals surface area contributed by atoms with Crippen molar-refractivity contribution >= 4 is 18.0 Å². The highest BCUT2D eigenvalue weighted by atomic mass is 16.5. The summed E-state index contributed by atoms with van der Waals surface area (Å²) in [6.07, 6.45) is 4.93. The molecule has 0 aliphatic heterocycles. The molecule has 2 N–H and O–H groups in total. The number of carboxylic acid groups (broad SMARTS) is 1. The van der Waals surface area contributed by atoms with Gasteiger partial charge in [-0.15, -0.1) is 0 Å². The minimum atomic E-state index is -1.05. The van der Waals surface area contributed by atoms with Gasteiger partial charge < -0.3 is 19.9 Å². The van der Waals surface area contributed by atoms with Crippen LogP contribution in [0.25, 0.3) is 6.08 Å². The molecule has 0 aliphatic carbocycles. The van der Waals surface area contributed by atoms with E-state index < -0.39 is 17.9 Å². The van der Waals surface area contributed by atoms with Crippen LogP contribution in [0.15, 0.2) is 24.3 Å². The van der Waals surface area contributed by atoms with Gasteiger partial charge in [0.1, 0.15) is 6.04 Å². The first-order valence-corrected chi connectivity index (χ1v) is 8.41. The van der Waals surface area contributed by atoms with Gasteiger partial charge in [-0.2, -0.15) is 0 Å². The summed E-state index contributed by atoms with van der Waals surface area (Å²) in [5, 5.41) is 11.6. The zero-order chi connectivity index (χ0) is 18.8. The van der Waals surface area contributed by atoms with E-state index in [0.717, 1.165) is 18.4 Å². The molecular formula is C19H27NO5. The van der Waals surface area contributed by atoms with Gasteiger partial charge >= 0.3 is 5.97 Å². The van der Waals surface area contributed by atoms with Crippen molar-refractivity contribution in [3.8, 4) is 11.5 Å². The lowest BCUT2D eigenvalue weighted by atomic mass is 10.0. The average Bonchev–Trinajstić information content (AvgIpc) is 2.58. The third-order valence-electron chi connectivity index (χ3n) is 3.60. The average molecular weight is 349 g/mol. The summed E-state index contributed by atoms with van der Waals surface area (Å²) < 4.78 is 11.0. The number of benzene rings is 1. The van der Waals surface area contributed by atoms with Gasteiger partial charge in [-0.1, -0.05) is 33.3 Å². The van der Waals surface area contributed by atoms with E-state index in [4.69, 9.17) is 14.6 Å². The molecule has 0 radical (unpaired) electrons. The third kappa shape index (κ3) is 6.87. The molecule has 0 aliphatic rings. The molecule has 0 unspecified atom stereocenters. The van der Waals surface area contributed by atoms with E-state index in [2.05, 4.69) is 12.2 Å². The first-order valence-electron chi connectivity index (χ1n) is 8.41. The van der Waals surface area contributed by atoms with Gasteiger partial charge in [0.25, 0.3) is 0 Å². The minimum Gasteiger partial charge on any atom is -0.493 e. The maximum absolute atomic E-state index is 11.9. The molecule has 0 aromatic heterocycles.